The fraction of sp³-hybridized carbons (Fsp3) is 0.562. The molecule has 1 unspecified atom stereocenters. The van der Waals surface area contributed by atoms with Crippen LogP contribution < -0.4 is 0 Å². The van der Waals surface area contributed by atoms with Crippen LogP contribution in [0.5, 0.6) is 0 Å². The van der Waals surface area contributed by atoms with Crippen molar-refractivity contribution in [2.75, 3.05) is 26.5 Å². The maximum atomic E-state index is 5.99. The van der Waals surface area contributed by atoms with E-state index in [1.54, 1.807) is 0 Å². The summed E-state index contributed by atoms with van der Waals surface area (Å²) in [7, 11) is 4.25. The summed E-state index contributed by atoms with van der Waals surface area (Å²) in [4.78, 5) is 7.07. The van der Waals surface area contributed by atoms with Gasteiger partial charge < -0.3 is 9.47 Å². The van der Waals surface area contributed by atoms with Gasteiger partial charge in [-0.25, -0.2) is 4.98 Å². The second kappa shape index (κ2) is 7.29. The number of fused-ring (bicyclic) bond motifs is 1. The predicted molar refractivity (Wildman–Crippen MR) is 99.3 cm³/mol. The van der Waals surface area contributed by atoms with Crippen molar-refractivity contribution in [1.82, 2.24) is 14.5 Å². The minimum absolute atomic E-state index is 0.406. The highest BCUT2D eigenvalue weighted by molar-refractivity contribution is 14.1. The molecule has 0 amide bonds. The Labute approximate surface area is 145 Å². The van der Waals surface area contributed by atoms with E-state index in [0.717, 1.165) is 24.3 Å². The highest BCUT2D eigenvalue weighted by Gasteiger charge is 2.22. The van der Waals surface area contributed by atoms with Crippen molar-refractivity contribution in [3.63, 3.8) is 0 Å². The molecular weight excluding hydrogens is 397 g/mol. The van der Waals surface area contributed by atoms with E-state index >= 15 is 0 Å². The van der Waals surface area contributed by atoms with Crippen LogP contribution in [0.2, 0.25) is 0 Å². The largest absolute Gasteiger partial charge is 0.323 e. The third-order valence-corrected chi connectivity index (χ3v) is 4.56. The van der Waals surface area contributed by atoms with E-state index in [9.17, 15) is 0 Å². The number of likely N-dealkylation sites (N-methyl/N-ethyl adjacent to an activating group) is 1. The molecule has 0 saturated heterocycles. The van der Waals surface area contributed by atoms with Crippen molar-refractivity contribution >= 4 is 45.2 Å². The molecule has 0 fully saturated rings. The number of rotatable bonds is 6. The first-order chi connectivity index (χ1) is 9.93. The van der Waals surface area contributed by atoms with Gasteiger partial charge in [-0.2, -0.15) is 0 Å². The van der Waals surface area contributed by atoms with Crippen molar-refractivity contribution in [1.29, 1.82) is 0 Å². The molecule has 2 aromatic rings. The van der Waals surface area contributed by atoms with Crippen molar-refractivity contribution < 1.29 is 0 Å². The van der Waals surface area contributed by atoms with Gasteiger partial charge in [0.05, 0.1) is 17.1 Å². The Kier molecular flexibility index (Phi) is 5.91. The lowest BCUT2D eigenvalue weighted by atomic mass is 10.0. The van der Waals surface area contributed by atoms with Crippen molar-refractivity contribution in [3.05, 3.63) is 27.6 Å². The topological polar surface area (TPSA) is 21.1 Å². The molecule has 1 aromatic heterocycles. The first-order valence-corrected chi connectivity index (χ1v) is 8.92. The van der Waals surface area contributed by atoms with Crippen LogP contribution in [0.4, 0.5) is 0 Å². The molecule has 116 valence electrons. The zero-order chi connectivity index (χ0) is 15.6. The maximum Gasteiger partial charge on any atom is 0.111 e. The van der Waals surface area contributed by atoms with Crippen molar-refractivity contribution in [2.45, 2.75) is 26.3 Å². The van der Waals surface area contributed by atoms with E-state index < -0.39 is 0 Å². The summed E-state index contributed by atoms with van der Waals surface area (Å²) in [6.07, 6.45) is 0.809. The number of nitrogens with zero attached hydrogens (tertiary/aromatic N) is 3. The van der Waals surface area contributed by atoms with Crippen LogP contribution in [0.3, 0.4) is 0 Å². The Bertz CT molecular complexity index is 607. The SMILES string of the molecule is CC(C)C(CN(C)C)n1c(CCCl)nc2cc(I)ccc21. The van der Waals surface area contributed by atoms with E-state index in [1.807, 2.05) is 0 Å². The zero-order valence-electron chi connectivity index (χ0n) is 13.1. The molecule has 0 saturated carbocycles. The molecule has 0 aliphatic heterocycles. The molecule has 0 bridgehead atoms. The van der Waals surface area contributed by atoms with Gasteiger partial charge in [0.25, 0.3) is 0 Å². The second-order valence-electron chi connectivity index (χ2n) is 6.04. The maximum absolute atomic E-state index is 5.99. The Balaban J connectivity index is 2.59. The molecule has 0 aliphatic carbocycles. The van der Waals surface area contributed by atoms with Crippen LogP contribution in [0, 0.1) is 9.49 Å². The van der Waals surface area contributed by atoms with E-state index in [-0.39, 0.29) is 0 Å². The first-order valence-electron chi connectivity index (χ1n) is 7.31. The molecule has 0 radical (unpaired) electrons. The summed E-state index contributed by atoms with van der Waals surface area (Å²) in [6.45, 7) is 5.55. The number of halogens is 2. The van der Waals surface area contributed by atoms with Gasteiger partial charge in [0, 0.05) is 22.4 Å². The smallest absolute Gasteiger partial charge is 0.111 e. The van der Waals surface area contributed by atoms with E-state index in [0.29, 0.717) is 17.8 Å². The molecule has 21 heavy (non-hydrogen) atoms. The Hall–Kier alpha value is -0.330. The molecule has 2 rings (SSSR count). The summed E-state index contributed by atoms with van der Waals surface area (Å²) in [5.74, 6) is 2.24. The molecule has 1 atom stereocenters. The number of aryl methyl sites for hydroxylation is 1. The van der Waals surface area contributed by atoms with Crippen LogP contribution in [-0.4, -0.2) is 41.0 Å². The van der Waals surface area contributed by atoms with E-state index in [4.69, 9.17) is 16.6 Å². The van der Waals surface area contributed by atoms with Crippen LogP contribution in [0.1, 0.15) is 25.7 Å². The average molecular weight is 420 g/mol. The van der Waals surface area contributed by atoms with Gasteiger partial charge in [0.2, 0.25) is 0 Å². The number of hydrogen-bond donors (Lipinski definition) is 0. The summed E-state index contributed by atoms with van der Waals surface area (Å²) < 4.78 is 3.62. The van der Waals surface area contributed by atoms with Crippen molar-refractivity contribution in [3.8, 4) is 0 Å². The lowest BCUT2D eigenvalue weighted by molar-refractivity contribution is 0.269. The van der Waals surface area contributed by atoms with Crippen molar-refractivity contribution in [2.24, 2.45) is 5.92 Å². The zero-order valence-corrected chi connectivity index (χ0v) is 16.0. The number of benzene rings is 1. The number of hydrogen-bond acceptors (Lipinski definition) is 2. The van der Waals surface area contributed by atoms with Gasteiger partial charge >= 0.3 is 0 Å². The molecule has 0 aliphatic rings. The van der Waals surface area contributed by atoms with Crippen LogP contribution >= 0.6 is 34.2 Å². The average Bonchev–Trinajstić information content (AvgIpc) is 2.73. The monoisotopic (exact) mass is 419 g/mol. The van der Waals surface area contributed by atoms with Gasteiger partial charge in [-0.3, -0.25) is 0 Å². The third kappa shape index (κ3) is 3.90. The Morgan fingerprint density at radius 2 is 2.05 bits per heavy atom. The molecular formula is C16H23ClIN3. The Morgan fingerprint density at radius 1 is 1.33 bits per heavy atom. The second-order valence-corrected chi connectivity index (χ2v) is 7.67. The van der Waals surface area contributed by atoms with E-state index in [1.165, 1.54) is 9.09 Å². The molecule has 1 aromatic carbocycles. The minimum atomic E-state index is 0.406. The molecule has 3 nitrogen and oxygen atoms in total. The standard InChI is InChI=1S/C16H23ClIN3/c1-11(2)15(10-20(3)4)21-14-6-5-12(18)9-13(14)19-16(21)7-8-17/h5-6,9,11,15H,7-8,10H2,1-4H3. The number of imidazole rings is 1. The van der Waals surface area contributed by atoms with E-state index in [2.05, 4.69) is 78.2 Å². The number of alkyl halides is 1. The van der Waals surface area contributed by atoms with Crippen LogP contribution in [0.25, 0.3) is 11.0 Å². The van der Waals surface area contributed by atoms with Gasteiger partial charge in [0.1, 0.15) is 5.82 Å². The fourth-order valence-corrected chi connectivity index (χ4v) is 3.36. The quantitative estimate of drug-likeness (QED) is 0.517. The highest BCUT2D eigenvalue weighted by Crippen LogP contribution is 2.28. The highest BCUT2D eigenvalue weighted by atomic mass is 127. The van der Waals surface area contributed by atoms with Gasteiger partial charge in [0.15, 0.2) is 0 Å². The van der Waals surface area contributed by atoms with Crippen LogP contribution in [-0.2, 0) is 6.42 Å². The van der Waals surface area contributed by atoms with Gasteiger partial charge in [-0.05, 0) is 60.8 Å². The fourth-order valence-electron chi connectivity index (χ4n) is 2.72. The molecule has 0 spiro atoms. The lowest BCUT2D eigenvalue weighted by Crippen LogP contribution is -2.29. The molecule has 1 heterocycles. The summed E-state index contributed by atoms with van der Waals surface area (Å²) in [6, 6.07) is 6.89. The first kappa shape index (κ1) is 17.0. The molecule has 0 N–H and O–H groups in total. The lowest BCUT2D eigenvalue weighted by Gasteiger charge is -2.28. The predicted octanol–water partition coefficient (Wildman–Crippen LogP) is 4.18. The Morgan fingerprint density at radius 3 is 2.62 bits per heavy atom. The van der Waals surface area contributed by atoms with Crippen LogP contribution in [0.15, 0.2) is 18.2 Å². The normalized spacial score (nSPS) is 13.5. The van der Waals surface area contributed by atoms with Gasteiger partial charge in [-0.15, -0.1) is 11.6 Å². The summed E-state index contributed by atoms with van der Waals surface area (Å²) in [5.41, 5.74) is 2.29. The molecule has 5 heteroatoms. The summed E-state index contributed by atoms with van der Waals surface area (Å²) in [5, 5.41) is 0. The minimum Gasteiger partial charge on any atom is -0.323 e. The van der Waals surface area contributed by atoms with Gasteiger partial charge in [-0.1, -0.05) is 13.8 Å². The third-order valence-electron chi connectivity index (χ3n) is 3.70. The summed E-state index contributed by atoms with van der Waals surface area (Å²) >= 11 is 8.33. The number of aromatic nitrogens is 2.